The van der Waals surface area contributed by atoms with Crippen molar-refractivity contribution >= 4 is 11.9 Å². The van der Waals surface area contributed by atoms with Crippen molar-refractivity contribution in [1.29, 1.82) is 0 Å². The summed E-state index contributed by atoms with van der Waals surface area (Å²) in [5.74, 6) is -0.768. The normalized spacial score (nSPS) is 13.1. The number of hydrogen-bond acceptors (Lipinski definition) is 5. The molecule has 1 unspecified atom stereocenters. The number of ether oxygens (including phenoxy) is 2. The Bertz CT molecular complexity index is 273. The molecule has 0 amide bonds. The number of methoxy groups -OCH3 is 1. The number of nitrogens with two attached hydrogens (primary N) is 1. The van der Waals surface area contributed by atoms with Gasteiger partial charge in [0.1, 0.15) is 12.6 Å². The minimum atomic E-state index is -0.663. The third-order valence-electron chi connectivity index (χ3n) is 2.08. The summed E-state index contributed by atoms with van der Waals surface area (Å²) in [7, 11) is 1.30. The molecule has 0 aromatic rings. The Morgan fingerprint density at radius 2 is 2.06 bits per heavy atom. The smallest absolute Gasteiger partial charge is 0.322 e. The first-order chi connectivity index (χ1) is 7.51. The summed E-state index contributed by atoms with van der Waals surface area (Å²) in [5, 5.41) is 0. The van der Waals surface area contributed by atoms with Crippen LogP contribution in [0.1, 0.15) is 26.7 Å². The predicted octanol–water partition coefficient (Wildman–Crippen LogP) is 0.776. The van der Waals surface area contributed by atoms with E-state index in [4.69, 9.17) is 10.5 Å². The van der Waals surface area contributed by atoms with Crippen LogP contribution >= 0.6 is 0 Å². The zero-order chi connectivity index (χ0) is 12.6. The van der Waals surface area contributed by atoms with Gasteiger partial charge >= 0.3 is 11.9 Å². The van der Waals surface area contributed by atoms with Gasteiger partial charge < -0.3 is 15.2 Å². The van der Waals surface area contributed by atoms with Crippen LogP contribution in [0.25, 0.3) is 0 Å². The third kappa shape index (κ3) is 6.19. The predicted molar refractivity (Wildman–Crippen MR) is 59.6 cm³/mol. The van der Waals surface area contributed by atoms with Gasteiger partial charge in [-0.1, -0.05) is 13.0 Å². The van der Waals surface area contributed by atoms with Crippen LogP contribution in [0.3, 0.4) is 0 Å². The molecular formula is C11H19NO4. The van der Waals surface area contributed by atoms with E-state index in [1.54, 1.807) is 0 Å². The van der Waals surface area contributed by atoms with Gasteiger partial charge in [0.25, 0.3) is 0 Å². The van der Waals surface area contributed by atoms with Crippen LogP contribution in [0.5, 0.6) is 0 Å². The second-order valence-electron chi connectivity index (χ2n) is 3.36. The first-order valence-electron chi connectivity index (χ1n) is 5.15. The molecule has 0 saturated heterocycles. The van der Waals surface area contributed by atoms with Crippen molar-refractivity contribution in [3.05, 3.63) is 11.6 Å². The second-order valence-corrected chi connectivity index (χ2v) is 3.36. The molecular weight excluding hydrogens is 210 g/mol. The lowest BCUT2D eigenvalue weighted by Crippen LogP contribution is -2.30. The highest BCUT2D eigenvalue weighted by Gasteiger charge is 2.11. The molecule has 1 atom stereocenters. The third-order valence-corrected chi connectivity index (χ3v) is 2.08. The minimum Gasteiger partial charge on any atom is -0.468 e. The molecule has 5 nitrogen and oxygen atoms in total. The highest BCUT2D eigenvalue weighted by Crippen LogP contribution is 2.05. The van der Waals surface area contributed by atoms with Crippen molar-refractivity contribution in [2.24, 2.45) is 5.73 Å². The van der Waals surface area contributed by atoms with Crippen LogP contribution in [0.2, 0.25) is 0 Å². The van der Waals surface area contributed by atoms with Crippen molar-refractivity contribution in [2.45, 2.75) is 32.7 Å². The van der Waals surface area contributed by atoms with E-state index >= 15 is 0 Å². The minimum absolute atomic E-state index is 0.250. The molecule has 0 rings (SSSR count). The van der Waals surface area contributed by atoms with Gasteiger partial charge in [-0.25, -0.2) is 0 Å². The van der Waals surface area contributed by atoms with E-state index in [1.807, 2.05) is 13.0 Å². The van der Waals surface area contributed by atoms with E-state index in [0.717, 1.165) is 12.0 Å². The second kappa shape index (κ2) is 7.87. The number of hydrogen-bond donors (Lipinski definition) is 1. The maximum Gasteiger partial charge on any atom is 0.322 e. The van der Waals surface area contributed by atoms with Gasteiger partial charge in [-0.15, -0.1) is 0 Å². The van der Waals surface area contributed by atoms with Crippen LogP contribution in [-0.2, 0) is 19.1 Å². The van der Waals surface area contributed by atoms with Crippen LogP contribution in [0.15, 0.2) is 11.6 Å². The van der Waals surface area contributed by atoms with E-state index in [-0.39, 0.29) is 12.6 Å². The molecule has 0 aliphatic rings. The van der Waals surface area contributed by atoms with Gasteiger partial charge in [0.2, 0.25) is 0 Å². The number of esters is 2. The lowest BCUT2D eigenvalue weighted by Gasteiger charge is -2.08. The molecule has 16 heavy (non-hydrogen) atoms. The number of carbonyl (C=O) groups excluding carboxylic acids is 2. The van der Waals surface area contributed by atoms with Gasteiger partial charge in [0.05, 0.1) is 7.11 Å². The van der Waals surface area contributed by atoms with Crippen molar-refractivity contribution in [1.82, 2.24) is 0 Å². The van der Waals surface area contributed by atoms with Gasteiger partial charge in [-0.3, -0.25) is 9.59 Å². The first-order valence-corrected chi connectivity index (χ1v) is 5.15. The highest BCUT2D eigenvalue weighted by atomic mass is 16.5. The molecule has 0 aliphatic heterocycles. The fourth-order valence-corrected chi connectivity index (χ4v) is 1.04. The quantitative estimate of drug-likeness (QED) is 0.537. The standard InChI is InChI=1S/C11H19NO4/c1-4-9(7-16-8(2)13)5-6-10(12)11(14)15-3/h5,10H,4,6-7,12H2,1-3H3/b9-5+. The van der Waals surface area contributed by atoms with E-state index in [9.17, 15) is 9.59 Å². The topological polar surface area (TPSA) is 78.6 Å². The Balaban J connectivity index is 4.15. The van der Waals surface area contributed by atoms with E-state index in [1.165, 1.54) is 14.0 Å². The lowest BCUT2D eigenvalue weighted by molar-refractivity contribution is -0.142. The fourth-order valence-electron chi connectivity index (χ4n) is 1.04. The molecule has 0 spiro atoms. The molecule has 0 heterocycles. The van der Waals surface area contributed by atoms with Crippen molar-refractivity contribution in [3.63, 3.8) is 0 Å². The summed E-state index contributed by atoms with van der Waals surface area (Å²) < 4.78 is 9.35. The van der Waals surface area contributed by atoms with Crippen molar-refractivity contribution in [2.75, 3.05) is 13.7 Å². The van der Waals surface area contributed by atoms with E-state index in [0.29, 0.717) is 6.42 Å². The molecule has 0 saturated carbocycles. The van der Waals surface area contributed by atoms with E-state index in [2.05, 4.69) is 4.74 Å². The van der Waals surface area contributed by atoms with Crippen LogP contribution < -0.4 is 5.73 Å². The Kier molecular flexibility index (Phi) is 7.20. The van der Waals surface area contributed by atoms with Gasteiger partial charge in [-0.2, -0.15) is 0 Å². The molecule has 0 aliphatic carbocycles. The molecule has 0 fully saturated rings. The summed E-state index contributed by atoms with van der Waals surface area (Å²) in [6.07, 6.45) is 2.95. The highest BCUT2D eigenvalue weighted by molar-refractivity contribution is 5.75. The lowest BCUT2D eigenvalue weighted by atomic mass is 10.1. The maximum atomic E-state index is 11.0. The molecule has 0 aromatic heterocycles. The fraction of sp³-hybridized carbons (Fsp3) is 0.636. The summed E-state index contributed by atoms with van der Waals surface area (Å²) in [5.41, 5.74) is 6.50. The zero-order valence-corrected chi connectivity index (χ0v) is 9.99. The molecule has 92 valence electrons. The Morgan fingerprint density at radius 1 is 1.44 bits per heavy atom. The summed E-state index contributed by atoms with van der Waals surface area (Å²) in [6, 6.07) is -0.663. The van der Waals surface area contributed by atoms with Crippen molar-refractivity contribution < 1.29 is 19.1 Å². The molecule has 0 radical (unpaired) electrons. The van der Waals surface area contributed by atoms with Crippen LogP contribution in [0, 0.1) is 0 Å². The van der Waals surface area contributed by atoms with Gasteiger partial charge in [-0.05, 0) is 18.4 Å². The zero-order valence-electron chi connectivity index (χ0n) is 9.99. The molecule has 0 aromatic carbocycles. The Morgan fingerprint density at radius 3 is 2.50 bits per heavy atom. The molecule has 0 bridgehead atoms. The summed E-state index contributed by atoms with van der Waals surface area (Å²) >= 11 is 0. The summed E-state index contributed by atoms with van der Waals surface area (Å²) in [6.45, 7) is 3.55. The monoisotopic (exact) mass is 229 g/mol. The largest absolute Gasteiger partial charge is 0.468 e. The average Bonchev–Trinajstić information content (AvgIpc) is 2.27. The Labute approximate surface area is 95.6 Å². The summed E-state index contributed by atoms with van der Waals surface area (Å²) in [4.78, 5) is 21.6. The first kappa shape index (κ1) is 14.6. The maximum absolute atomic E-state index is 11.0. The van der Waals surface area contributed by atoms with Gasteiger partial charge in [0, 0.05) is 6.92 Å². The molecule has 5 heteroatoms. The molecule has 2 N–H and O–H groups in total. The number of rotatable bonds is 6. The van der Waals surface area contributed by atoms with Gasteiger partial charge in [0.15, 0.2) is 0 Å². The SMILES string of the molecule is CC/C(=C\CC(N)C(=O)OC)COC(C)=O. The average molecular weight is 229 g/mol. The van der Waals surface area contributed by atoms with Crippen LogP contribution in [0.4, 0.5) is 0 Å². The Hall–Kier alpha value is -1.36. The van der Waals surface area contributed by atoms with Crippen LogP contribution in [-0.4, -0.2) is 31.7 Å². The number of carbonyl (C=O) groups is 2. The van der Waals surface area contributed by atoms with Crippen molar-refractivity contribution in [3.8, 4) is 0 Å². The van der Waals surface area contributed by atoms with E-state index < -0.39 is 12.0 Å².